The molecule has 27 heavy (non-hydrogen) atoms. The number of nitrogens with one attached hydrogen (secondary N) is 1. The highest BCUT2D eigenvalue weighted by Gasteiger charge is 2.18. The van der Waals surface area contributed by atoms with E-state index in [4.69, 9.17) is 0 Å². The molecule has 0 atom stereocenters. The molecule has 0 bridgehead atoms. The number of nitrogens with zero attached hydrogens (tertiary/aromatic N) is 2. The summed E-state index contributed by atoms with van der Waals surface area (Å²) in [6.07, 6.45) is 3.87. The zero-order valence-corrected chi connectivity index (χ0v) is 16.2. The monoisotopic (exact) mass is 363 g/mol. The van der Waals surface area contributed by atoms with Crippen LogP contribution in [-0.4, -0.2) is 55.5 Å². The second-order valence-electron chi connectivity index (χ2n) is 7.71. The highest BCUT2D eigenvalue weighted by Crippen LogP contribution is 2.26. The van der Waals surface area contributed by atoms with Gasteiger partial charge in [-0.15, -0.1) is 0 Å². The average molecular weight is 364 g/mol. The van der Waals surface area contributed by atoms with Gasteiger partial charge in [-0.1, -0.05) is 30.3 Å². The third kappa shape index (κ3) is 4.23. The van der Waals surface area contributed by atoms with Crippen LogP contribution >= 0.6 is 0 Å². The molecule has 2 aromatic carbocycles. The molecule has 1 saturated heterocycles. The van der Waals surface area contributed by atoms with Crippen molar-refractivity contribution in [1.82, 2.24) is 15.1 Å². The van der Waals surface area contributed by atoms with Gasteiger partial charge in [0.15, 0.2) is 0 Å². The van der Waals surface area contributed by atoms with Gasteiger partial charge in [-0.2, -0.15) is 0 Å². The van der Waals surface area contributed by atoms with Gasteiger partial charge in [0.2, 0.25) is 0 Å². The summed E-state index contributed by atoms with van der Waals surface area (Å²) >= 11 is 0. The van der Waals surface area contributed by atoms with Crippen molar-refractivity contribution in [3.63, 3.8) is 0 Å². The lowest BCUT2D eigenvalue weighted by atomic mass is 9.94. The number of hydrogen-bond donors (Lipinski definition) is 1. The quantitative estimate of drug-likeness (QED) is 0.886. The van der Waals surface area contributed by atoms with Crippen molar-refractivity contribution in [1.29, 1.82) is 0 Å². The van der Waals surface area contributed by atoms with Gasteiger partial charge >= 0.3 is 0 Å². The van der Waals surface area contributed by atoms with Crippen molar-refractivity contribution in [2.75, 3.05) is 39.8 Å². The van der Waals surface area contributed by atoms with E-state index in [9.17, 15) is 4.79 Å². The normalized spacial score (nSPS) is 17.7. The molecule has 4 rings (SSSR count). The Hall–Kier alpha value is -2.17. The van der Waals surface area contributed by atoms with E-state index in [2.05, 4.69) is 33.3 Å². The van der Waals surface area contributed by atoms with Crippen LogP contribution in [0.15, 0.2) is 42.5 Å². The predicted octanol–water partition coefficient (Wildman–Crippen LogP) is 3.17. The second-order valence-corrected chi connectivity index (χ2v) is 7.71. The van der Waals surface area contributed by atoms with E-state index in [1.807, 2.05) is 24.3 Å². The van der Waals surface area contributed by atoms with Crippen molar-refractivity contribution < 1.29 is 4.79 Å². The second kappa shape index (κ2) is 8.24. The van der Waals surface area contributed by atoms with E-state index in [1.54, 1.807) is 7.05 Å². The zero-order chi connectivity index (χ0) is 18.6. The van der Waals surface area contributed by atoms with Crippen LogP contribution in [0.4, 0.5) is 0 Å². The molecule has 0 aliphatic carbocycles. The lowest BCUT2D eigenvalue weighted by molar-refractivity contribution is 0.0963. The molecule has 0 spiro atoms. The third-order valence-corrected chi connectivity index (χ3v) is 5.94. The van der Waals surface area contributed by atoms with E-state index in [1.165, 1.54) is 61.3 Å². The van der Waals surface area contributed by atoms with Crippen LogP contribution in [0.3, 0.4) is 0 Å². The van der Waals surface area contributed by atoms with Crippen LogP contribution in [0, 0.1) is 0 Å². The van der Waals surface area contributed by atoms with Crippen molar-refractivity contribution >= 4 is 5.91 Å². The Kier molecular flexibility index (Phi) is 5.55. The zero-order valence-electron chi connectivity index (χ0n) is 16.2. The SMILES string of the molecule is CNC(=O)c1ccc(-c2ccc3c(c2)CCN(CCN2CCCC2)C3)cc1. The topological polar surface area (TPSA) is 35.6 Å². The molecule has 1 N–H and O–H groups in total. The Balaban J connectivity index is 1.41. The molecule has 142 valence electrons. The number of hydrogen-bond acceptors (Lipinski definition) is 3. The molecule has 2 aromatic rings. The molecule has 2 heterocycles. The van der Waals surface area contributed by atoms with Gasteiger partial charge in [0.1, 0.15) is 0 Å². The first-order valence-corrected chi connectivity index (χ1v) is 10.1. The first-order chi connectivity index (χ1) is 13.2. The molecule has 4 nitrogen and oxygen atoms in total. The van der Waals surface area contributed by atoms with E-state index >= 15 is 0 Å². The number of likely N-dealkylation sites (tertiary alicyclic amines) is 1. The number of benzene rings is 2. The number of amides is 1. The molecule has 0 saturated carbocycles. The summed E-state index contributed by atoms with van der Waals surface area (Å²) in [7, 11) is 1.66. The lowest BCUT2D eigenvalue weighted by Gasteiger charge is -2.30. The maximum Gasteiger partial charge on any atom is 0.251 e. The minimum absolute atomic E-state index is 0.0407. The fourth-order valence-corrected chi connectivity index (χ4v) is 4.23. The van der Waals surface area contributed by atoms with Gasteiger partial charge in [0.05, 0.1) is 0 Å². The minimum atomic E-state index is -0.0407. The summed E-state index contributed by atoms with van der Waals surface area (Å²) in [5.41, 5.74) is 6.05. The Bertz CT molecular complexity index is 794. The molecule has 0 unspecified atom stereocenters. The summed E-state index contributed by atoms with van der Waals surface area (Å²) in [6, 6.07) is 14.7. The highest BCUT2D eigenvalue weighted by molar-refractivity contribution is 5.94. The van der Waals surface area contributed by atoms with Crippen LogP contribution in [-0.2, 0) is 13.0 Å². The highest BCUT2D eigenvalue weighted by atomic mass is 16.1. The maximum atomic E-state index is 11.7. The van der Waals surface area contributed by atoms with Gasteiger partial charge in [-0.25, -0.2) is 0 Å². The fourth-order valence-electron chi connectivity index (χ4n) is 4.23. The summed E-state index contributed by atoms with van der Waals surface area (Å²) in [6.45, 7) is 7.19. The lowest BCUT2D eigenvalue weighted by Crippen LogP contribution is -2.37. The largest absolute Gasteiger partial charge is 0.355 e. The number of fused-ring (bicyclic) bond motifs is 1. The van der Waals surface area contributed by atoms with Gasteiger partial charge in [-0.05, 0) is 66.7 Å². The van der Waals surface area contributed by atoms with Crippen LogP contribution in [0.25, 0.3) is 11.1 Å². The van der Waals surface area contributed by atoms with Crippen molar-refractivity contribution in [3.8, 4) is 11.1 Å². The molecular formula is C23H29N3O. The Morgan fingerprint density at radius 2 is 1.59 bits per heavy atom. The molecule has 0 aromatic heterocycles. The molecule has 1 amide bonds. The number of carbonyl (C=O) groups is 1. The van der Waals surface area contributed by atoms with Crippen molar-refractivity contribution in [2.24, 2.45) is 0 Å². The Morgan fingerprint density at radius 1 is 0.889 bits per heavy atom. The van der Waals surface area contributed by atoms with Crippen LogP contribution in [0.1, 0.15) is 34.3 Å². The number of rotatable bonds is 5. The van der Waals surface area contributed by atoms with Crippen LogP contribution in [0.5, 0.6) is 0 Å². The predicted molar refractivity (Wildman–Crippen MR) is 110 cm³/mol. The molecule has 2 aliphatic heterocycles. The molecular weight excluding hydrogens is 334 g/mol. The van der Waals surface area contributed by atoms with Crippen molar-refractivity contribution in [3.05, 3.63) is 59.2 Å². The minimum Gasteiger partial charge on any atom is -0.355 e. The Morgan fingerprint density at radius 3 is 2.33 bits per heavy atom. The number of carbonyl (C=O) groups excluding carboxylic acids is 1. The van der Waals surface area contributed by atoms with Crippen molar-refractivity contribution in [2.45, 2.75) is 25.8 Å². The first-order valence-electron chi connectivity index (χ1n) is 10.1. The van der Waals surface area contributed by atoms with E-state index in [0.29, 0.717) is 5.56 Å². The summed E-state index contributed by atoms with van der Waals surface area (Å²) in [4.78, 5) is 16.9. The molecule has 0 radical (unpaired) electrons. The maximum absolute atomic E-state index is 11.7. The van der Waals surface area contributed by atoms with E-state index in [0.717, 1.165) is 19.5 Å². The van der Waals surface area contributed by atoms with Gasteiger partial charge < -0.3 is 10.2 Å². The van der Waals surface area contributed by atoms with Gasteiger partial charge in [0.25, 0.3) is 5.91 Å². The van der Waals surface area contributed by atoms with E-state index in [-0.39, 0.29) is 5.91 Å². The van der Waals surface area contributed by atoms with Gasteiger partial charge in [-0.3, -0.25) is 9.69 Å². The standard InChI is InChI=1S/C23H29N3O/c1-24-23(27)19-6-4-18(5-7-19)20-8-9-22-17-26(13-10-21(22)16-20)15-14-25-11-2-3-12-25/h4-9,16H,2-3,10-15,17H2,1H3,(H,24,27). The van der Waals surface area contributed by atoms with Crippen LogP contribution in [0.2, 0.25) is 0 Å². The summed E-state index contributed by atoms with van der Waals surface area (Å²) in [5.74, 6) is -0.0407. The average Bonchev–Trinajstić information content (AvgIpc) is 3.25. The first kappa shape index (κ1) is 18.2. The van der Waals surface area contributed by atoms with Gasteiger partial charge in [0, 0.05) is 38.8 Å². The summed E-state index contributed by atoms with van der Waals surface area (Å²) in [5, 5.41) is 2.67. The van der Waals surface area contributed by atoms with E-state index < -0.39 is 0 Å². The molecule has 2 aliphatic rings. The smallest absolute Gasteiger partial charge is 0.251 e. The van der Waals surface area contributed by atoms with Crippen LogP contribution < -0.4 is 5.32 Å². The molecule has 1 fully saturated rings. The Labute approximate surface area is 162 Å². The fraction of sp³-hybridized carbons (Fsp3) is 0.435. The third-order valence-electron chi connectivity index (χ3n) is 5.94. The summed E-state index contributed by atoms with van der Waals surface area (Å²) < 4.78 is 0. The molecule has 4 heteroatoms.